The number of hydrogen-bond donors (Lipinski definition) is 0. The number of carbonyl (C=O) groups is 1. The second kappa shape index (κ2) is 5.29. The molecule has 1 heterocycles. The van der Waals surface area contributed by atoms with Crippen LogP contribution in [0.5, 0.6) is 11.5 Å². The van der Waals surface area contributed by atoms with Gasteiger partial charge >= 0.3 is 5.97 Å². The van der Waals surface area contributed by atoms with E-state index in [1.807, 2.05) is 54.6 Å². The van der Waals surface area contributed by atoms with Crippen molar-refractivity contribution in [1.29, 1.82) is 5.26 Å². The van der Waals surface area contributed by atoms with Crippen LogP contribution >= 0.6 is 0 Å². The minimum absolute atomic E-state index is 0.438. The lowest BCUT2D eigenvalue weighted by molar-refractivity contribution is -0.146. The van der Waals surface area contributed by atoms with Gasteiger partial charge < -0.3 is 9.47 Å². The molecule has 1 aliphatic heterocycles. The van der Waals surface area contributed by atoms with Gasteiger partial charge in [0.1, 0.15) is 23.5 Å². The minimum atomic E-state index is -0.778. The Hall–Kier alpha value is -2.80. The van der Waals surface area contributed by atoms with Gasteiger partial charge in [0.2, 0.25) is 0 Å². The predicted molar refractivity (Wildman–Crippen MR) is 76.0 cm³/mol. The molecule has 4 nitrogen and oxygen atoms in total. The van der Waals surface area contributed by atoms with E-state index in [1.165, 1.54) is 0 Å². The van der Waals surface area contributed by atoms with E-state index in [-0.39, 0.29) is 0 Å². The largest absolute Gasteiger partial charge is 0.457 e. The van der Waals surface area contributed by atoms with Crippen LogP contribution in [0.15, 0.2) is 48.5 Å². The van der Waals surface area contributed by atoms with E-state index in [9.17, 15) is 4.79 Å². The zero-order valence-electron chi connectivity index (χ0n) is 11.4. The van der Waals surface area contributed by atoms with Gasteiger partial charge in [0.15, 0.2) is 6.10 Å². The number of ether oxygens (including phenoxy) is 2. The number of carbonyl (C=O) groups excluding carboxylic acids is 1. The molecule has 1 unspecified atom stereocenters. The van der Waals surface area contributed by atoms with Crippen LogP contribution < -0.4 is 4.74 Å². The molecule has 0 aromatic heterocycles. The highest BCUT2D eigenvalue weighted by molar-refractivity contribution is 5.85. The summed E-state index contributed by atoms with van der Waals surface area (Å²) in [5.74, 6) is 0.278. The van der Waals surface area contributed by atoms with E-state index in [0.717, 1.165) is 11.1 Å². The van der Waals surface area contributed by atoms with Crippen LogP contribution in [0.3, 0.4) is 0 Å². The number of esters is 1. The van der Waals surface area contributed by atoms with Crippen molar-refractivity contribution in [3.8, 4) is 17.6 Å². The highest BCUT2D eigenvalue weighted by Gasteiger charge is 2.34. The molecule has 1 aliphatic rings. The van der Waals surface area contributed by atoms with Gasteiger partial charge in [0, 0.05) is 11.1 Å². The molecule has 0 N–H and O–H groups in total. The van der Waals surface area contributed by atoms with E-state index in [2.05, 4.69) is 0 Å². The summed E-state index contributed by atoms with van der Waals surface area (Å²) in [6, 6.07) is 16.6. The highest BCUT2D eigenvalue weighted by Crippen LogP contribution is 2.44. The molecule has 0 saturated carbocycles. The van der Waals surface area contributed by atoms with Gasteiger partial charge in [-0.1, -0.05) is 36.4 Å². The smallest absolute Gasteiger partial charge is 0.319 e. The summed E-state index contributed by atoms with van der Waals surface area (Å²) < 4.78 is 11.0. The Morgan fingerprint density at radius 1 is 1.14 bits per heavy atom. The summed E-state index contributed by atoms with van der Waals surface area (Å²) in [4.78, 5) is 12.5. The molecule has 2 aromatic rings. The lowest BCUT2D eigenvalue weighted by Crippen LogP contribution is -2.24. The number of fused-ring (bicyclic) bond motifs is 2. The average Bonchev–Trinajstić information content (AvgIpc) is 2.52. The number of para-hydroxylation sites is 2. The lowest BCUT2D eigenvalue weighted by Gasteiger charge is -2.27. The number of nitrogens with zero attached hydrogens (tertiary/aromatic N) is 1. The van der Waals surface area contributed by atoms with Crippen molar-refractivity contribution in [2.24, 2.45) is 0 Å². The molecule has 0 fully saturated rings. The van der Waals surface area contributed by atoms with Gasteiger partial charge in [-0.3, -0.25) is 4.79 Å². The number of benzene rings is 2. The lowest BCUT2D eigenvalue weighted by atomic mass is 9.88. The van der Waals surface area contributed by atoms with E-state index < -0.39 is 18.0 Å². The molecular weight excluding hydrogens is 266 g/mol. The highest BCUT2D eigenvalue weighted by atomic mass is 16.5. The van der Waals surface area contributed by atoms with Gasteiger partial charge in [-0.15, -0.1) is 0 Å². The Kier molecular flexibility index (Phi) is 3.33. The minimum Gasteiger partial charge on any atom is -0.457 e. The molecule has 0 radical (unpaired) electrons. The van der Waals surface area contributed by atoms with Gasteiger partial charge in [-0.25, -0.2) is 0 Å². The van der Waals surface area contributed by atoms with Crippen LogP contribution in [0.2, 0.25) is 0 Å². The maximum atomic E-state index is 12.5. The first-order valence-corrected chi connectivity index (χ1v) is 6.66. The Morgan fingerprint density at radius 2 is 1.67 bits per heavy atom. The second-order valence-electron chi connectivity index (χ2n) is 4.82. The topological polar surface area (TPSA) is 59.3 Å². The van der Waals surface area contributed by atoms with Crippen molar-refractivity contribution in [2.75, 3.05) is 0 Å². The van der Waals surface area contributed by atoms with Crippen LogP contribution in [-0.2, 0) is 9.53 Å². The monoisotopic (exact) mass is 279 g/mol. The maximum absolute atomic E-state index is 12.5. The van der Waals surface area contributed by atoms with Crippen LogP contribution in [0.1, 0.15) is 24.0 Å². The van der Waals surface area contributed by atoms with Gasteiger partial charge in [0.05, 0.1) is 0 Å². The normalized spacial score (nSPS) is 14.1. The van der Waals surface area contributed by atoms with E-state index >= 15 is 0 Å². The van der Waals surface area contributed by atoms with Crippen molar-refractivity contribution in [2.45, 2.75) is 18.9 Å². The quantitative estimate of drug-likeness (QED) is 0.791. The van der Waals surface area contributed by atoms with E-state index in [1.54, 1.807) is 6.92 Å². The van der Waals surface area contributed by atoms with Crippen LogP contribution in [-0.4, -0.2) is 12.1 Å². The summed E-state index contributed by atoms with van der Waals surface area (Å²) in [6.45, 7) is 1.55. The fourth-order valence-electron chi connectivity index (χ4n) is 2.43. The molecule has 3 rings (SSSR count). The zero-order chi connectivity index (χ0) is 14.8. The van der Waals surface area contributed by atoms with Crippen molar-refractivity contribution < 1.29 is 14.3 Å². The van der Waals surface area contributed by atoms with Crippen LogP contribution in [0, 0.1) is 11.3 Å². The first-order valence-electron chi connectivity index (χ1n) is 6.66. The molecule has 2 aromatic carbocycles. The molecule has 1 atom stereocenters. The number of rotatable bonds is 2. The molecular formula is C17H13NO3. The molecule has 0 saturated heterocycles. The molecule has 0 aliphatic carbocycles. The fourth-order valence-corrected chi connectivity index (χ4v) is 2.43. The van der Waals surface area contributed by atoms with E-state index in [0.29, 0.717) is 11.5 Å². The van der Waals surface area contributed by atoms with Crippen molar-refractivity contribution in [1.82, 2.24) is 0 Å². The van der Waals surface area contributed by atoms with Gasteiger partial charge in [-0.05, 0) is 19.1 Å². The Morgan fingerprint density at radius 3 is 2.19 bits per heavy atom. The first-order chi connectivity index (χ1) is 10.2. The Labute approximate surface area is 122 Å². The van der Waals surface area contributed by atoms with Crippen molar-refractivity contribution >= 4 is 5.97 Å². The Bertz CT molecular complexity index is 687. The summed E-state index contributed by atoms with van der Waals surface area (Å²) in [6.07, 6.45) is -0.778. The van der Waals surface area contributed by atoms with Gasteiger partial charge in [0.25, 0.3) is 0 Å². The summed E-state index contributed by atoms with van der Waals surface area (Å²) >= 11 is 0. The fraction of sp³-hybridized carbons (Fsp3) is 0.176. The van der Waals surface area contributed by atoms with Gasteiger partial charge in [-0.2, -0.15) is 5.26 Å². The molecule has 21 heavy (non-hydrogen) atoms. The number of hydrogen-bond acceptors (Lipinski definition) is 4. The SMILES string of the molecule is CC(C#N)OC(=O)C1c2ccccc2Oc2ccccc21. The average molecular weight is 279 g/mol. The third-order valence-corrected chi connectivity index (χ3v) is 3.39. The van der Waals surface area contributed by atoms with Crippen molar-refractivity contribution in [3.05, 3.63) is 59.7 Å². The molecule has 0 bridgehead atoms. The second-order valence-corrected chi connectivity index (χ2v) is 4.82. The number of nitriles is 1. The maximum Gasteiger partial charge on any atom is 0.319 e. The summed E-state index contributed by atoms with van der Waals surface area (Å²) in [5.41, 5.74) is 1.51. The van der Waals surface area contributed by atoms with Crippen LogP contribution in [0.25, 0.3) is 0 Å². The van der Waals surface area contributed by atoms with E-state index in [4.69, 9.17) is 14.7 Å². The van der Waals surface area contributed by atoms with Crippen molar-refractivity contribution in [3.63, 3.8) is 0 Å². The first kappa shape index (κ1) is 13.2. The third kappa shape index (κ3) is 2.34. The molecule has 104 valence electrons. The third-order valence-electron chi connectivity index (χ3n) is 3.39. The summed E-state index contributed by atoms with van der Waals surface area (Å²) in [5, 5.41) is 8.82. The Balaban J connectivity index is 2.07. The molecule has 0 spiro atoms. The standard InChI is InChI=1S/C17H13NO3/c1-11(10-18)20-17(19)16-12-6-2-4-8-14(12)21-15-9-5-3-7-13(15)16/h2-9,11,16H,1H3. The molecule has 4 heteroatoms. The zero-order valence-corrected chi connectivity index (χ0v) is 11.4. The predicted octanol–water partition coefficient (Wildman–Crippen LogP) is 3.38. The molecule has 0 amide bonds. The summed E-state index contributed by atoms with van der Waals surface area (Å²) in [7, 11) is 0. The van der Waals surface area contributed by atoms with Crippen LogP contribution in [0.4, 0.5) is 0 Å².